The van der Waals surface area contributed by atoms with Crippen molar-refractivity contribution in [3.63, 3.8) is 0 Å². The van der Waals surface area contributed by atoms with E-state index >= 15 is 0 Å². The Morgan fingerprint density at radius 2 is 2.16 bits per heavy atom. The Labute approximate surface area is 114 Å². The van der Waals surface area contributed by atoms with Crippen LogP contribution < -0.4 is 5.32 Å². The van der Waals surface area contributed by atoms with E-state index in [2.05, 4.69) is 34.7 Å². The first-order chi connectivity index (χ1) is 9.14. The van der Waals surface area contributed by atoms with Crippen molar-refractivity contribution < 1.29 is 4.74 Å². The van der Waals surface area contributed by atoms with Gasteiger partial charge in [-0.05, 0) is 35.6 Å². The van der Waals surface area contributed by atoms with Gasteiger partial charge in [0.1, 0.15) is 0 Å². The normalized spacial score (nSPS) is 19.7. The number of nitrogens with one attached hydrogen (secondary N) is 1. The molecule has 1 aromatic heterocycles. The maximum atomic E-state index is 5.04. The third-order valence-electron chi connectivity index (χ3n) is 4.05. The minimum Gasteiger partial charge on any atom is -0.383 e. The summed E-state index contributed by atoms with van der Waals surface area (Å²) >= 11 is 0. The lowest BCUT2D eigenvalue weighted by molar-refractivity contribution is 0.195. The fourth-order valence-electron chi connectivity index (χ4n) is 2.85. The van der Waals surface area contributed by atoms with Crippen LogP contribution in [0.5, 0.6) is 0 Å². The Balaban J connectivity index is 1.96. The molecule has 1 heterocycles. The smallest absolute Gasteiger partial charge is 0.167 e. The molecule has 1 N–H and O–H groups in total. The van der Waals surface area contributed by atoms with E-state index in [1.807, 2.05) is 4.68 Å². The lowest BCUT2D eigenvalue weighted by Gasteiger charge is -2.24. The molecule has 0 spiro atoms. The molecule has 1 aliphatic carbocycles. The zero-order chi connectivity index (χ0) is 13.7. The molecule has 0 aliphatic heterocycles. The molecule has 19 heavy (non-hydrogen) atoms. The van der Waals surface area contributed by atoms with Gasteiger partial charge in [0, 0.05) is 13.7 Å². The monoisotopic (exact) mass is 267 g/mol. The Morgan fingerprint density at radius 3 is 2.84 bits per heavy atom. The molecule has 1 aliphatic rings. The van der Waals surface area contributed by atoms with Gasteiger partial charge in [-0.15, -0.1) is 5.10 Å². The topological polar surface area (TPSA) is 64.9 Å². The zero-order valence-electron chi connectivity index (χ0n) is 12.2. The van der Waals surface area contributed by atoms with Crippen LogP contribution >= 0.6 is 0 Å². The average molecular weight is 267 g/mol. The molecule has 1 saturated carbocycles. The molecule has 0 bridgehead atoms. The number of nitrogens with zero attached hydrogens (tertiary/aromatic N) is 4. The highest BCUT2D eigenvalue weighted by Crippen LogP contribution is 2.38. The highest BCUT2D eigenvalue weighted by Gasteiger charge is 2.31. The molecule has 108 valence electrons. The summed E-state index contributed by atoms with van der Waals surface area (Å²) in [5.74, 6) is 0.921. The predicted molar refractivity (Wildman–Crippen MR) is 72.7 cm³/mol. The van der Waals surface area contributed by atoms with E-state index in [9.17, 15) is 0 Å². The third-order valence-corrected chi connectivity index (χ3v) is 4.05. The first-order valence-electron chi connectivity index (χ1n) is 7.13. The van der Waals surface area contributed by atoms with Gasteiger partial charge in [-0.25, -0.2) is 4.68 Å². The molecule has 1 fully saturated rings. The summed E-state index contributed by atoms with van der Waals surface area (Å²) in [5, 5.41) is 15.5. The number of methoxy groups -OCH3 is 1. The molecule has 0 saturated heterocycles. The molecule has 0 radical (unpaired) electrons. The Morgan fingerprint density at radius 1 is 1.42 bits per heavy atom. The highest BCUT2D eigenvalue weighted by atomic mass is 16.5. The van der Waals surface area contributed by atoms with Gasteiger partial charge in [0.2, 0.25) is 0 Å². The zero-order valence-corrected chi connectivity index (χ0v) is 12.2. The summed E-state index contributed by atoms with van der Waals surface area (Å²) in [7, 11) is 1.71. The van der Waals surface area contributed by atoms with Crippen LogP contribution in [0.4, 0.5) is 0 Å². The summed E-state index contributed by atoms with van der Waals surface area (Å²) in [4.78, 5) is 0. The van der Waals surface area contributed by atoms with E-state index in [0.29, 0.717) is 12.0 Å². The largest absolute Gasteiger partial charge is 0.383 e. The molecule has 2 rings (SSSR count). The van der Waals surface area contributed by atoms with Crippen LogP contribution in [0.3, 0.4) is 0 Å². The van der Waals surface area contributed by atoms with Crippen LogP contribution in [0.1, 0.15) is 51.4 Å². The van der Waals surface area contributed by atoms with Crippen LogP contribution in [-0.2, 0) is 11.3 Å². The minimum atomic E-state index is 0.148. The van der Waals surface area contributed by atoms with Crippen LogP contribution in [0, 0.1) is 5.41 Å². The number of hydrogen-bond acceptors (Lipinski definition) is 5. The molecule has 1 unspecified atom stereocenters. The molecule has 6 heteroatoms. The van der Waals surface area contributed by atoms with Crippen molar-refractivity contribution in [2.45, 2.75) is 52.1 Å². The second-order valence-corrected chi connectivity index (χ2v) is 5.88. The quantitative estimate of drug-likeness (QED) is 0.759. The standard InChI is InChI=1S/C13H25N5O/c1-11(14-8-9-19-3)12-15-16-17-18(12)10-13(2)6-4-5-7-13/h11,14H,4-10H2,1-3H3. The first kappa shape index (κ1) is 14.4. The van der Waals surface area contributed by atoms with E-state index in [1.165, 1.54) is 25.7 Å². The minimum absolute atomic E-state index is 0.148. The van der Waals surface area contributed by atoms with Crippen LogP contribution in [0.25, 0.3) is 0 Å². The van der Waals surface area contributed by atoms with Gasteiger partial charge in [0.15, 0.2) is 5.82 Å². The number of ether oxygens (including phenoxy) is 1. The van der Waals surface area contributed by atoms with Gasteiger partial charge in [-0.3, -0.25) is 0 Å². The summed E-state index contributed by atoms with van der Waals surface area (Å²) in [6.45, 7) is 6.86. The lowest BCUT2D eigenvalue weighted by Crippen LogP contribution is -2.28. The van der Waals surface area contributed by atoms with Gasteiger partial charge < -0.3 is 10.1 Å². The maximum Gasteiger partial charge on any atom is 0.167 e. The predicted octanol–water partition coefficient (Wildman–Crippen LogP) is 1.55. The Hall–Kier alpha value is -1.01. The fourth-order valence-corrected chi connectivity index (χ4v) is 2.85. The maximum absolute atomic E-state index is 5.04. The second kappa shape index (κ2) is 6.43. The molecule has 1 atom stereocenters. The van der Waals surface area contributed by atoms with Crippen molar-refractivity contribution in [3.8, 4) is 0 Å². The fraction of sp³-hybridized carbons (Fsp3) is 0.923. The number of tetrazole rings is 1. The summed E-state index contributed by atoms with van der Waals surface area (Å²) < 4.78 is 7.01. The SMILES string of the molecule is COCCNC(C)c1nnnn1CC1(C)CCCC1. The summed E-state index contributed by atoms with van der Waals surface area (Å²) in [5.41, 5.74) is 0.358. The van der Waals surface area contributed by atoms with E-state index in [0.717, 1.165) is 18.9 Å². The van der Waals surface area contributed by atoms with Crippen molar-refractivity contribution in [2.24, 2.45) is 5.41 Å². The molecular weight excluding hydrogens is 242 g/mol. The van der Waals surface area contributed by atoms with Crippen LogP contribution in [-0.4, -0.2) is 40.5 Å². The third kappa shape index (κ3) is 3.73. The van der Waals surface area contributed by atoms with Crippen molar-refractivity contribution in [1.29, 1.82) is 0 Å². The molecule has 1 aromatic rings. The van der Waals surface area contributed by atoms with E-state index in [4.69, 9.17) is 4.74 Å². The Kier molecular flexibility index (Phi) is 4.87. The first-order valence-corrected chi connectivity index (χ1v) is 7.13. The van der Waals surface area contributed by atoms with Gasteiger partial charge in [0.05, 0.1) is 19.2 Å². The number of hydrogen-bond donors (Lipinski definition) is 1. The average Bonchev–Trinajstić information content (AvgIpc) is 2.99. The van der Waals surface area contributed by atoms with Crippen molar-refractivity contribution in [1.82, 2.24) is 25.5 Å². The van der Waals surface area contributed by atoms with Gasteiger partial charge >= 0.3 is 0 Å². The Bertz CT molecular complexity index is 386. The van der Waals surface area contributed by atoms with E-state index in [1.54, 1.807) is 7.11 Å². The van der Waals surface area contributed by atoms with Crippen LogP contribution in [0.15, 0.2) is 0 Å². The van der Waals surface area contributed by atoms with Crippen molar-refractivity contribution >= 4 is 0 Å². The van der Waals surface area contributed by atoms with Gasteiger partial charge in [-0.2, -0.15) is 0 Å². The van der Waals surface area contributed by atoms with Crippen molar-refractivity contribution in [3.05, 3.63) is 5.82 Å². The molecule has 6 nitrogen and oxygen atoms in total. The van der Waals surface area contributed by atoms with E-state index < -0.39 is 0 Å². The van der Waals surface area contributed by atoms with Crippen LogP contribution in [0.2, 0.25) is 0 Å². The molecule has 0 amide bonds. The molecular formula is C13H25N5O. The van der Waals surface area contributed by atoms with Gasteiger partial charge in [-0.1, -0.05) is 19.8 Å². The van der Waals surface area contributed by atoms with Crippen molar-refractivity contribution in [2.75, 3.05) is 20.3 Å². The summed E-state index contributed by atoms with van der Waals surface area (Å²) in [6, 6.07) is 0.148. The molecule has 0 aromatic carbocycles. The lowest BCUT2D eigenvalue weighted by atomic mass is 9.89. The summed E-state index contributed by atoms with van der Waals surface area (Å²) in [6.07, 6.45) is 5.21. The van der Waals surface area contributed by atoms with Gasteiger partial charge in [0.25, 0.3) is 0 Å². The number of aromatic nitrogens is 4. The highest BCUT2D eigenvalue weighted by molar-refractivity contribution is 4.92. The number of rotatable bonds is 7. The van der Waals surface area contributed by atoms with E-state index in [-0.39, 0.29) is 6.04 Å². The second-order valence-electron chi connectivity index (χ2n) is 5.88.